The van der Waals surface area contributed by atoms with Crippen LogP contribution >= 0.6 is 11.3 Å². The van der Waals surface area contributed by atoms with E-state index < -0.39 is 12.0 Å². The van der Waals surface area contributed by atoms with E-state index in [1.807, 2.05) is 68.4 Å². The number of likely N-dealkylation sites (N-methyl/N-ethyl adjacent to an activating group) is 1. The summed E-state index contributed by atoms with van der Waals surface area (Å²) in [7, 11) is 1.57. The summed E-state index contributed by atoms with van der Waals surface area (Å²) < 4.78 is 7.58. The lowest BCUT2D eigenvalue weighted by molar-refractivity contribution is -0.127. The molecule has 10 heteroatoms. The maximum absolute atomic E-state index is 14.1. The van der Waals surface area contributed by atoms with E-state index in [2.05, 4.69) is 5.10 Å². The zero-order valence-corrected chi connectivity index (χ0v) is 23.9. The summed E-state index contributed by atoms with van der Waals surface area (Å²) in [6, 6.07) is 15.8. The van der Waals surface area contributed by atoms with E-state index in [1.54, 1.807) is 36.5 Å². The number of aromatic nitrogens is 1. The van der Waals surface area contributed by atoms with E-state index in [4.69, 9.17) is 9.73 Å². The second-order valence-corrected chi connectivity index (χ2v) is 10.5. The molecular formula is C30H31N5O4S. The number of carbonyl (C=O) groups is 2. The summed E-state index contributed by atoms with van der Waals surface area (Å²) in [5, 5.41) is 5.84. The van der Waals surface area contributed by atoms with Gasteiger partial charge in [-0.15, -0.1) is 0 Å². The van der Waals surface area contributed by atoms with Crippen molar-refractivity contribution in [3.63, 3.8) is 0 Å². The smallest absolute Gasteiger partial charge is 0.270 e. The van der Waals surface area contributed by atoms with Gasteiger partial charge in [0, 0.05) is 18.7 Å². The fraction of sp³-hybridized carbons (Fsp3) is 0.300. The molecule has 5 rings (SSSR count). The minimum atomic E-state index is -0.738. The molecule has 206 valence electrons. The predicted molar refractivity (Wildman–Crippen MR) is 156 cm³/mol. The Morgan fingerprint density at radius 2 is 1.73 bits per heavy atom. The molecule has 1 aromatic heterocycles. The molecule has 0 bridgehead atoms. The van der Waals surface area contributed by atoms with Gasteiger partial charge in [0.05, 0.1) is 34.3 Å². The molecule has 0 N–H and O–H groups in total. The van der Waals surface area contributed by atoms with Gasteiger partial charge in [0.25, 0.3) is 17.4 Å². The second kappa shape index (κ2) is 11.1. The highest BCUT2D eigenvalue weighted by Crippen LogP contribution is 2.36. The molecule has 3 aromatic rings. The predicted octanol–water partition coefficient (Wildman–Crippen LogP) is 3.10. The Bertz CT molecular complexity index is 1720. The third-order valence-electron chi connectivity index (χ3n) is 7.24. The Labute approximate surface area is 236 Å². The molecule has 2 aliphatic heterocycles. The average Bonchev–Trinajstić information content (AvgIpc) is 3.43. The van der Waals surface area contributed by atoms with E-state index >= 15 is 0 Å². The number of rotatable bonds is 7. The van der Waals surface area contributed by atoms with Crippen molar-refractivity contribution in [3.05, 3.63) is 91.1 Å². The van der Waals surface area contributed by atoms with Crippen LogP contribution in [0.25, 0.3) is 6.08 Å². The van der Waals surface area contributed by atoms with Gasteiger partial charge in [0.15, 0.2) is 4.80 Å². The number of carbonyl (C=O) groups excluding carboxylic acids is 2. The number of hydrogen-bond acceptors (Lipinski definition) is 7. The molecule has 9 nitrogen and oxygen atoms in total. The average molecular weight is 558 g/mol. The molecule has 0 saturated carbocycles. The monoisotopic (exact) mass is 557 g/mol. The van der Waals surface area contributed by atoms with Crippen LogP contribution < -0.4 is 24.6 Å². The van der Waals surface area contributed by atoms with Crippen LogP contribution in [0.4, 0.5) is 5.69 Å². The second-order valence-electron chi connectivity index (χ2n) is 9.53. The molecule has 0 aliphatic carbocycles. The minimum absolute atomic E-state index is 0.177. The maximum atomic E-state index is 14.1. The van der Waals surface area contributed by atoms with Gasteiger partial charge < -0.3 is 9.64 Å². The van der Waals surface area contributed by atoms with Crippen LogP contribution in [0.1, 0.15) is 39.3 Å². The van der Waals surface area contributed by atoms with Crippen LogP contribution in [0.15, 0.2) is 80.8 Å². The number of amides is 2. The van der Waals surface area contributed by atoms with E-state index in [0.29, 0.717) is 56.4 Å². The zero-order chi connectivity index (χ0) is 28.6. The lowest BCUT2D eigenvalue weighted by Gasteiger charge is -2.29. The fourth-order valence-electron chi connectivity index (χ4n) is 5.15. The van der Waals surface area contributed by atoms with Gasteiger partial charge in [0.1, 0.15) is 17.7 Å². The van der Waals surface area contributed by atoms with Gasteiger partial charge in [-0.25, -0.2) is 4.99 Å². The number of para-hydroxylation sites is 2. The molecule has 0 unspecified atom stereocenters. The molecule has 2 amide bonds. The molecule has 0 fully saturated rings. The summed E-state index contributed by atoms with van der Waals surface area (Å²) in [5.74, 6) is -0.536. The van der Waals surface area contributed by atoms with Gasteiger partial charge in [-0.2, -0.15) is 10.1 Å². The van der Waals surface area contributed by atoms with Crippen LogP contribution in [0.5, 0.6) is 5.75 Å². The third kappa shape index (κ3) is 4.58. The highest BCUT2D eigenvalue weighted by atomic mass is 32.1. The number of hydrogen-bond donors (Lipinski definition) is 0. The number of thiazole rings is 1. The Morgan fingerprint density at radius 3 is 2.40 bits per heavy atom. The number of methoxy groups -OCH3 is 1. The first-order valence-corrected chi connectivity index (χ1v) is 14.0. The first kappa shape index (κ1) is 27.3. The fourth-order valence-corrected chi connectivity index (χ4v) is 6.21. The SMILES string of the molecule is CCN(CC)C(=O)C1=C(C)N=c2s/c(=C\[C@H]3C(=O)N(c4ccccc4)N=C3C)c(=O)n2[C@@H]1c1ccccc1OC. The highest BCUT2D eigenvalue weighted by molar-refractivity contribution is 7.07. The molecule has 0 radical (unpaired) electrons. The molecular weight excluding hydrogens is 526 g/mol. The highest BCUT2D eigenvalue weighted by Gasteiger charge is 2.37. The summed E-state index contributed by atoms with van der Waals surface area (Å²) in [6.07, 6.45) is 1.67. The van der Waals surface area contributed by atoms with E-state index in [0.717, 1.165) is 0 Å². The van der Waals surface area contributed by atoms with Gasteiger partial charge in [-0.3, -0.25) is 19.0 Å². The summed E-state index contributed by atoms with van der Waals surface area (Å²) >= 11 is 1.20. The van der Waals surface area contributed by atoms with E-state index in [1.165, 1.54) is 16.3 Å². The van der Waals surface area contributed by atoms with Crippen molar-refractivity contribution in [2.75, 3.05) is 25.2 Å². The van der Waals surface area contributed by atoms with Crippen molar-refractivity contribution in [2.45, 2.75) is 33.7 Å². The quantitative estimate of drug-likeness (QED) is 0.446. The van der Waals surface area contributed by atoms with Crippen molar-refractivity contribution < 1.29 is 14.3 Å². The van der Waals surface area contributed by atoms with Crippen LogP contribution in [-0.2, 0) is 9.59 Å². The molecule has 40 heavy (non-hydrogen) atoms. The van der Waals surface area contributed by atoms with Crippen molar-refractivity contribution in [1.29, 1.82) is 0 Å². The lowest BCUT2D eigenvalue weighted by Crippen LogP contribution is -2.43. The molecule has 2 aromatic carbocycles. The van der Waals surface area contributed by atoms with Crippen molar-refractivity contribution in [3.8, 4) is 5.75 Å². The number of allylic oxidation sites excluding steroid dienone is 1. The largest absolute Gasteiger partial charge is 0.496 e. The minimum Gasteiger partial charge on any atom is -0.496 e. The van der Waals surface area contributed by atoms with Crippen LogP contribution in [-0.4, -0.2) is 47.2 Å². The van der Waals surface area contributed by atoms with E-state index in [-0.39, 0.29) is 17.4 Å². The lowest BCUT2D eigenvalue weighted by atomic mass is 9.94. The van der Waals surface area contributed by atoms with Crippen molar-refractivity contribution in [1.82, 2.24) is 9.47 Å². The first-order valence-electron chi connectivity index (χ1n) is 13.2. The van der Waals surface area contributed by atoms with Gasteiger partial charge in [-0.1, -0.05) is 47.7 Å². The maximum Gasteiger partial charge on any atom is 0.270 e. The van der Waals surface area contributed by atoms with Crippen LogP contribution in [0, 0.1) is 5.92 Å². The first-order chi connectivity index (χ1) is 19.3. The van der Waals surface area contributed by atoms with E-state index in [9.17, 15) is 14.4 Å². The van der Waals surface area contributed by atoms with Gasteiger partial charge in [0.2, 0.25) is 0 Å². The molecule has 3 heterocycles. The van der Waals surface area contributed by atoms with Crippen LogP contribution in [0.3, 0.4) is 0 Å². The summed E-state index contributed by atoms with van der Waals surface area (Å²) in [5.41, 5.74) is 2.59. The van der Waals surface area contributed by atoms with Gasteiger partial charge in [-0.05, 0) is 52.0 Å². The Hall–Kier alpha value is -4.31. The topological polar surface area (TPSA) is 96.6 Å². The Morgan fingerprint density at radius 1 is 1.05 bits per heavy atom. The number of fused-ring (bicyclic) bond motifs is 1. The zero-order valence-electron chi connectivity index (χ0n) is 23.1. The van der Waals surface area contributed by atoms with Crippen molar-refractivity contribution in [2.24, 2.45) is 16.0 Å². The molecule has 2 atom stereocenters. The number of benzene rings is 2. The summed E-state index contributed by atoms with van der Waals surface area (Å²) in [6.45, 7) is 8.47. The Balaban J connectivity index is 1.67. The number of anilines is 1. The Kier molecular flexibility index (Phi) is 7.53. The standard InChI is InChI=1S/C30H31N5O4S/c1-6-33(7-2)29(38)25-19(4)31-30-34(26(25)21-15-11-12-16-23(21)39-5)28(37)24(40-30)17-22-18(3)32-35(27(22)36)20-13-9-8-10-14-20/h8-17,22,26H,6-7H2,1-5H3/b24-17-/t22-,26-/m1/s1. The summed E-state index contributed by atoms with van der Waals surface area (Å²) in [4.78, 5) is 48.1. The molecule has 0 spiro atoms. The number of hydrazone groups is 1. The van der Waals surface area contributed by atoms with Gasteiger partial charge >= 0.3 is 0 Å². The molecule has 0 saturated heterocycles. The van der Waals surface area contributed by atoms with Crippen LogP contribution in [0.2, 0.25) is 0 Å². The molecule has 2 aliphatic rings. The third-order valence-corrected chi connectivity index (χ3v) is 8.24. The number of nitrogens with zero attached hydrogens (tertiary/aromatic N) is 5. The normalized spacial score (nSPS) is 18.9. The van der Waals surface area contributed by atoms with Crippen molar-refractivity contribution >= 4 is 40.6 Å². The number of ether oxygens (including phenoxy) is 1.